The van der Waals surface area contributed by atoms with E-state index in [-0.39, 0.29) is 11.1 Å². The van der Waals surface area contributed by atoms with Gasteiger partial charge < -0.3 is 20.6 Å². The third-order valence-corrected chi connectivity index (χ3v) is 8.38. The highest BCUT2D eigenvalue weighted by Gasteiger charge is 2.30. The van der Waals surface area contributed by atoms with Gasteiger partial charge in [0.2, 0.25) is 16.0 Å². The van der Waals surface area contributed by atoms with E-state index < -0.39 is 39.9 Å². The summed E-state index contributed by atoms with van der Waals surface area (Å²) in [5, 5.41) is 15.7. The number of rotatable bonds is 10. The highest BCUT2D eigenvalue weighted by Crippen LogP contribution is 2.29. The van der Waals surface area contributed by atoms with Gasteiger partial charge in [0.1, 0.15) is 12.2 Å². The maximum atomic E-state index is 13.2. The Morgan fingerprint density at radius 2 is 1.78 bits per heavy atom. The van der Waals surface area contributed by atoms with Crippen LogP contribution in [0, 0.1) is 0 Å². The second-order valence-corrected chi connectivity index (χ2v) is 12.6. The predicted octanol–water partition coefficient (Wildman–Crippen LogP) is 3.36. The number of hydrogen-bond donors (Lipinski definition) is 4. The topological polar surface area (TPSA) is 154 Å². The quantitative estimate of drug-likeness (QED) is 0.283. The Kier molecular flexibility index (Phi) is 9.24. The molecule has 0 aliphatic carbocycles. The number of nitrogens with one attached hydrogen (secondary N) is 3. The Morgan fingerprint density at radius 3 is 2.49 bits per heavy atom. The molecule has 1 aliphatic heterocycles. The summed E-state index contributed by atoms with van der Waals surface area (Å²) in [6.45, 7) is 5.97. The van der Waals surface area contributed by atoms with E-state index in [0.29, 0.717) is 17.1 Å². The number of sulfonamides is 1. The lowest BCUT2D eigenvalue weighted by molar-refractivity contribution is -0.138. The smallest absolute Gasteiger partial charge is 0.323 e. The van der Waals surface area contributed by atoms with Crippen LogP contribution in [0.4, 0.5) is 11.6 Å². The van der Waals surface area contributed by atoms with Gasteiger partial charge >= 0.3 is 5.97 Å². The summed E-state index contributed by atoms with van der Waals surface area (Å²) < 4.78 is 28.7. The summed E-state index contributed by atoms with van der Waals surface area (Å²) in [6.07, 6.45) is 6.17. The number of nitrogens with zero attached hydrogens (tertiary/aromatic N) is 3. The zero-order valence-electron chi connectivity index (χ0n) is 23.4. The number of amides is 1. The van der Waals surface area contributed by atoms with Gasteiger partial charge in [-0.05, 0) is 60.6 Å². The van der Waals surface area contributed by atoms with Crippen molar-refractivity contribution in [3.63, 3.8) is 0 Å². The molecule has 0 spiro atoms. The highest BCUT2D eigenvalue weighted by molar-refractivity contribution is 7.89. The van der Waals surface area contributed by atoms with Crippen molar-refractivity contribution in [1.29, 1.82) is 0 Å². The Hall–Kier alpha value is -4.03. The number of hydrogen-bond acceptors (Lipinski definition) is 8. The average molecular weight is 581 g/mol. The van der Waals surface area contributed by atoms with Gasteiger partial charge in [-0.25, -0.2) is 18.4 Å². The van der Waals surface area contributed by atoms with Crippen LogP contribution in [0.2, 0.25) is 0 Å². The molecule has 2 heterocycles. The number of carboxylic acid groups (broad SMARTS) is 1. The lowest BCUT2D eigenvalue weighted by Gasteiger charge is -2.38. The van der Waals surface area contributed by atoms with Crippen molar-refractivity contribution in [3.05, 3.63) is 78.1 Å². The van der Waals surface area contributed by atoms with Crippen LogP contribution in [0.1, 0.15) is 56.0 Å². The number of anilines is 2. The Balaban J connectivity index is 1.46. The second kappa shape index (κ2) is 12.6. The molecule has 41 heavy (non-hydrogen) atoms. The van der Waals surface area contributed by atoms with Crippen LogP contribution in [-0.2, 0) is 20.2 Å². The van der Waals surface area contributed by atoms with Crippen molar-refractivity contribution in [3.8, 4) is 0 Å². The maximum absolute atomic E-state index is 13.2. The summed E-state index contributed by atoms with van der Waals surface area (Å²) >= 11 is 0. The van der Waals surface area contributed by atoms with E-state index in [2.05, 4.69) is 30.2 Å². The number of carboxylic acids is 1. The average Bonchev–Trinajstić information content (AvgIpc) is 2.95. The van der Waals surface area contributed by atoms with E-state index in [1.54, 1.807) is 54.9 Å². The molecule has 2 atom stereocenters. The molecule has 0 bridgehead atoms. The minimum absolute atomic E-state index is 0.00313. The van der Waals surface area contributed by atoms with Gasteiger partial charge in [0.25, 0.3) is 5.91 Å². The molecule has 2 aromatic carbocycles. The van der Waals surface area contributed by atoms with Crippen LogP contribution in [-0.4, -0.2) is 60.7 Å². The molecule has 1 fully saturated rings. The number of aliphatic carboxylic acids is 1. The molecule has 3 aromatic rings. The van der Waals surface area contributed by atoms with Gasteiger partial charge in [0.15, 0.2) is 0 Å². The molecule has 218 valence electrons. The standard InChI is InChI=1S/C29H36N6O5S/c1-29(2,3)22-12-4-5-13-24(22)41(39,40)34-23(27(37)38)19-32-26(36)20-10-8-11-21(18-20)35-17-7-6-14-25(35)33-28-30-15-9-16-31-28/h4-5,8-13,15-16,18,23,25,34H,6-7,14,17,19H2,1-3H3,(H,32,36)(H,37,38)(H,30,31,33)/t23-,25?/m0/s1. The van der Waals surface area contributed by atoms with E-state index in [1.165, 1.54) is 6.07 Å². The molecule has 1 unspecified atom stereocenters. The van der Waals surface area contributed by atoms with Crippen molar-refractivity contribution in [1.82, 2.24) is 20.0 Å². The molecule has 0 saturated carbocycles. The van der Waals surface area contributed by atoms with E-state index >= 15 is 0 Å². The number of benzene rings is 2. The van der Waals surface area contributed by atoms with E-state index in [1.807, 2.05) is 26.8 Å². The third-order valence-electron chi connectivity index (χ3n) is 6.85. The van der Waals surface area contributed by atoms with Gasteiger partial charge in [-0.15, -0.1) is 0 Å². The molecular weight excluding hydrogens is 544 g/mol. The molecule has 1 amide bonds. The summed E-state index contributed by atoms with van der Waals surface area (Å²) in [5.41, 5.74) is 1.22. The summed E-state index contributed by atoms with van der Waals surface area (Å²) in [5.74, 6) is -1.40. The van der Waals surface area contributed by atoms with Crippen LogP contribution < -0.4 is 20.3 Å². The van der Waals surface area contributed by atoms with Crippen molar-refractivity contribution >= 4 is 33.5 Å². The molecular formula is C29H36N6O5S. The fraction of sp³-hybridized carbons (Fsp3) is 0.379. The van der Waals surface area contributed by atoms with Gasteiger partial charge in [0.05, 0.1) is 4.90 Å². The van der Waals surface area contributed by atoms with E-state index in [0.717, 1.165) is 31.5 Å². The second-order valence-electron chi connectivity index (χ2n) is 10.9. The molecule has 4 rings (SSSR count). The van der Waals surface area contributed by atoms with Crippen molar-refractivity contribution in [2.24, 2.45) is 0 Å². The summed E-state index contributed by atoms with van der Waals surface area (Å²) in [7, 11) is -4.19. The van der Waals surface area contributed by atoms with Crippen molar-refractivity contribution in [2.75, 3.05) is 23.3 Å². The SMILES string of the molecule is CC(C)(C)c1ccccc1S(=O)(=O)N[C@@H](CNC(=O)c1cccc(N2CCCCC2Nc2ncccn2)c1)C(=O)O. The summed E-state index contributed by atoms with van der Waals surface area (Å²) in [6, 6.07) is 13.7. The van der Waals surface area contributed by atoms with E-state index in [4.69, 9.17) is 0 Å². The first-order chi connectivity index (χ1) is 19.5. The fourth-order valence-corrected chi connectivity index (χ4v) is 6.39. The van der Waals surface area contributed by atoms with Crippen LogP contribution in [0.5, 0.6) is 0 Å². The van der Waals surface area contributed by atoms with Crippen LogP contribution in [0.25, 0.3) is 0 Å². The molecule has 4 N–H and O–H groups in total. The monoisotopic (exact) mass is 580 g/mol. The zero-order valence-corrected chi connectivity index (χ0v) is 24.2. The minimum atomic E-state index is -4.19. The van der Waals surface area contributed by atoms with Gasteiger partial charge in [-0.1, -0.05) is 45.0 Å². The van der Waals surface area contributed by atoms with E-state index in [9.17, 15) is 23.1 Å². The lowest BCUT2D eigenvalue weighted by atomic mass is 9.87. The Morgan fingerprint density at radius 1 is 1.05 bits per heavy atom. The molecule has 1 aliphatic rings. The van der Waals surface area contributed by atoms with Gasteiger partial charge in [-0.2, -0.15) is 4.72 Å². The van der Waals surface area contributed by atoms with Crippen LogP contribution in [0.15, 0.2) is 71.9 Å². The Labute approximate surface area is 240 Å². The predicted molar refractivity (Wildman–Crippen MR) is 156 cm³/mol. The largest absolute Gasteiger partial charge is 0.480 e. The minimum Gasteiger partial charge on any atom is -0.480 e. The molecule has 12 heteroatoms. The number of carbonyl (C=O) groups is 2. The van der Waals surface area contributed by atoms with Crippen LogP contribution in [0.3, 0.4) is 0 Å². The molecule has 1 aromatic heterocycles. The molecule has 0 radical (unpaired) electrons. The number of piperidine rings is 1. The van der Waals surface area contributed by atoms with Gasteiger partial charge in [-0.3, -0.25) is 9.59 Å². The zero-order chi connectivity index (χ0) is 29.6. The van der Waals surface area contributed by atoms with Crippen molar-refractivity contribution < 1.29 is 23.1 Å². The maximum Gasteiger partial charge on any atom is 0.323 e. The fourth-order valence-electron chi connectivity index (χ4n) is 4.79. The lowest BCUT2D eigenvalue weighted by Crippen LogP contribution is -2.48. The first kappa shape index (κ1) is 29.9. The normalized spacial score (nSPS) is 16.6. The van der Waals surface area contributed by atoms with Gasteiger partial charge in [0, 0.05) is 36.7 Å². The Bertz CT molecular complexity index is 1480. The van der Waals surface area contributed by atoms with Crippen LogP contribution >= 0.6 is 0 Å². The first-order valence-electron chi connectivity index (χ1n) is 13.5. The number of aromatic nitrogens is 2. The first-order valence-corrected chi connectivity index (χ1v) is 15.0. The van der Waals surface area contributed by atoms with Crippen molar-refractivity contribution in [2.45, 2.75) is 62.6 Å². The molecule has 11 nitrogen and oxygen atoms in total. The molecule has 1 saturated heterocycles. The third kappa shape index (κ3) is 7.59. The summed E-state index contributed by atoms with van der Waals surface area (Å²) in [4.78, 5) is 35.7. The number of carbonyl (C=O) groups excluding carboxylic acids is 1. The highest BCUT2D eigenvalue weighted by atomic mass is 32.2.